The van der Waals surface area contributed by atoms with Crippen LogP contribution in [0.4, 0.5) is 0 Å². The summed E-state index contributed by atoms with van der Waals surface area (Å²) in [6, 6.07) is 7.24. The largest absolute Gasteiger partial charge is 0.349 e. The van der Waals surface area contributed by atoms with Crippen molar-refractivity contribution in [3.63, 3.8) is 0 Å². The Kier molecular flexibility index (Phi) is 3.04. The van der Waals surface area contributed by atoms with E-state index in [1.165, 1.54) is 4.57 Å². The molecule has 0 radical (unpaired) electrons. The number of benzene rings is 1. The molecular formula is C15H17N3O2. The molecule has 2 atom stereocenters. The molecule has 1 fully saturated rings. The van der Waals surface area contributed by atoms with E-state index in [9.17, 15) is 9.59 Å². The van der Waals surface area contributed by atoms with Crippen LogP contribution in [0.15, 0.2) is 29.1 Å². The molecule has 0 bridgehead atoms. The molecule has 1 amide bonds. The molecule has 0 aliphatic heterocycles. The van der Waals surface area contributed by atoms with Gasteiger partial charge in [0, 0.05) is 13.0 Å². The summed E-state index contributed by atoms with van der Waals surface area (Å²) in [5.74, 6) is 1.24. The zero-order valence-corrected chi connectivity index (χ0v) is 11.6. The van der Waals surface area contributed by atoms with Crippen molar-refractivity contribution in [3.8, 4) is 0 Å². The topological polar surface area (TPSA) is 64.0 Å². The van der Waals surface area contributed by atoms with Gasteiger partial charge in [0.25, 0.3) is 5.56 Å². The molecule has 0 unspecified atom stereocenters. The van der Waals surface area contributed by atoms with Crippen LogP contribution in [0.5, 0.6) is 0 Å². The summed E-state index contributed by atoms with van der Waals surface area (Å²) in [7, 11) is 1.68. The Balaban J connectivity index is 1.86. The monoisotopic (exact) mass is 271 g/mol. The Bertz CT molecular complexity index is 735. The number of nitrogens with one attached hydrogen (secondary N) is 1. The quantitative estimate of drug-likeness (QED) is 0.912. The van der Waals surface area contributed by atoms with Crippen LogP contribution >= 0.6 is 0 Å². The van der Waals surface area contributed by atoms with Crippen molar-refractivity contribution in [2.24, 2.45) is 18.9 Å². The maximum absolute atomic E-state index is 12.2. The van der Waals surface area contributed by atoms with Gasteiger partial charge >= 0.3 is 0 Å². The number of rotatable bonds is 3. The minimum absolute atomic E-state index is 0.0555. The molecule has 1 heterocycles. The highest BCUT2D eigenvalue weighted by atomic mass is 16.2. The number of carbonyl (C=O) groups is 1. The maximum atomic E-state index is 12.2. The highest BCUT2D eigenvalue weighted by molar-refractivity contribution is 5.81. The van der Waals surface area contributed by atoms with Gasteiger partial charge in [-0.1, -0.05) is 19.1 Å². The average molecular weight is 271 g/mol. The van der Waals surface area contributed by atoms with Crippen molar-refractivity contribution in [2.45, 2.75) is 19.9 Å². The lowest BCUT2D eigenvalue weighted by Crippen LogP contribution is -2.30. The van der Waals surface area contributed by atoms with E-state index in [0.717, 1.165) is 6.42 Å². The zero-order valence-electron chi connectivity index (χ0n) is 11.6. The SMILES string of the molecule is C[C@@H]1C[C@@H]1C(=O)NCc1nc2ccccc2c(=O)n1C. The first-order valence-corrected chi connectivity index (χ1v) is 6.80. The van der Waals surface area contributed by atoms with Gasteiger partial charge in [-0.25, -0.2) is 4.98 Å². The van der Waals surface area contributed by atoms with Gasteiger partial charge in [0.05, 0.1) is 17.4 Å². The second-order valence-corrected chi connectivity index (χ2v) is 5.45. The lowest BCUT2D eigenvalue weighted by Gasteiger charge is -2.10. The molecule has 3 rings (SSSR count). The average Bonchev–Trinajstić information content (AvgIpc) is 3.18. The van der Waals surface area contributed by atoms with Gasteiger partial charge in [0.1, 0.15) is 5.82 Å². The highest BCUT2D eigenvalue weighted by Gasteiger charge is 2.38. The second-order valence-electron chi connectivity index (χ2n) is 5.45. The van der Waals surface area contributed by atoms with E-state index in [-0.39, 0.29) is 17.4 Å². The molecule has 2 aromatic rings. The molecule has 1 saturated carbocycles. The van der Waals surface area contributed by atoms with E-state index in [2.05, 4.69) is 17.2 Å². The van der Waals surface area contributed by atoms with Crippen LogP contribution in [0.1, 0.15) is 19.2 Å². The Morgan fingerprint density at radius 2 is 2.15 bits per heavy atom. The standard InChI is InChI=1S/C15H17N3O2/c1-9-7-11(9)14(19)16-8-13-17-12-6-4-3-5-10(12)15(20)18(13)2/h3-6,9,11H,7-8H2,1-2H3,(H,16,19)/t9-,11+/m1/s1. The number of fused-ring (bicyclic) bond motifs is 1. The first-order chi connectivity index (χ1) is 9.58. The molecule has 104 valence electrons. The molecule has 20 heavy (non-hydrogen) atoms. The predicted molar refractivity (Wildman–Crippen MR) is 76.1 cm³/mol. The summed E-state index contributed by atoms with van der Waals surface area (Å²) in [6.07, 6.45) is 0.954. The number of aromatic nitrogens is 2. The van der Waals surface area contributed by atoms with Crippen molar-refractivity contribution in [1.82, 2.24) is 14.9 Å². The van der Waals surface area contributed by atoms with Crippen LogP contribution in [0.3, 0.4) is 0 Å². The Hall–Kier alpha value is -2.17. The van der Waals surface area contributed by atoms with E-state index >= 15 is 0 Å². The highest BCUT2D eigenvalue weighted by Crippen LogP contribution is 2.37. The molecule has 1 aromatic heterocycles. The van der Waals surface area contributed by atoms with Gasteiger partial charge in [0.15, 0.2) is 0 Å². The van der Waals surface area contributed by atoms with Crippen LogP contribution in [-0.4, -0.2) is 15.5 Å². The van der Waals surface area contributed by atoms with Gasteiger partial charge < -0.3 is 5.32 Å². The van der Waals surface area contributed by atoms with Crippen LogP contribution in [0, 0.1) is 11.8 Å². The Morgan fingerprint density at radius 1 is 1.45 bits per heavy atom. The molecule has 5 nitrogen and oxygen atoms in total. The number of para-hydroxylation sites is 1. The van der Waals surface area contributed by atoms with Crippen molar-refractivity contribution < 1.29 is 4.79 Å². The molecule has 1 aliphatic rings. The fourth-order valence-corrected chi connectivity index (χ4v) is 2.41. The first-order valence-electron chi connectivity index (χ1n) is 6.80. The maximum Gasteiger partial charge on any atom is 0.261 e. The Morgan fingerprint density at radius 3 is 2.85 bits per heavy atom. The van der Waals surface area contributed by atoms with E-state index in [1.807, 2.05) is 18.2 Å². The summed E-state index contributed by atoms with van der Waals surface area (Å²) in [5, 5.41) is 3.46. The van der Waals surface area contributed by atoms with E-state index < -0.39 is 0 Å². The fraction of sp³-hybridized carbons (Fsp3) is 0.400. The lowest BCUT2D eigenvalue weighted by molar-refractivity contribution is -0.122. The molecular weight excluding hydrogens is 254 g/mol. The fourth-order valence-electron chi connectivity index (χ4n) is 2.41. The third-order valence-corrected chi connectivity index (χ3v) is 3.94. The molecule has 1 aliphatic carbocycles. The summed E-state index contributed by atoms with van der Waals surface area (Å²) >= 11 is 0. The van der Waals surface area contributed by atoms with Gasteiger partial charge in [-0.2, -0.15) is 0 Å². The molecule has 1 aromatic carbocycles. The van der Waals surface area contributed by atoms with Gasteiger partial charge in [-0.15, -0.1) is 0 Å². The third-order valence-electron chi connectivity index (χ3n) is 3.94. The summed E-state index contributed by atoms with van der Waals surface area (Å²) in [5.41, 5.74) is 0.583. The van der Waals surface area contributed by atoms with Gasteiger partial charge in [-0.3, -0.25) is 14.2 Å². The van der Waals surface area contributed by atoms with E-state index in [4.69, 9.17) is 0 Å². The number of carbonyl (C=O) groups excluding carboxylic acids is 1. The molecule has 1 N–H and O–H groups in total. The predicted octanol–water partition coefficient (Wildman–Crippen LogP) is 1.21. The smallest absolute Gasteiger partial charge is 0.261 e. The van der Waals surface area contributed by atoms with Gasteiger partial charge in [0.2, 0.25) is 5.91 Å². The summed E-state index contributed by atoms with van der Waals surface area (Å²) in [4.78, 5) is 28.5. The van der Waals surface area contributed by atoms with Crippen LogP contribution in [0.2, 0.25) is 0 Å². The van der Waals surface area contributed by atoms with Crippen molar-refractivity contribution >= 4 is 16.8 Å². The first kappa shape index (κ1) is 12.8. The van der Waals surface area contributed by atoms with Crippen molar-refractivity contribution in [1.29, 1.82) is 0 Å². The minimum atomic E-state index is -0.0837. The summed E-state index contributed by atoms with van der Waals surface area (Å²) in [6.45, 7) is 2.35. The molecule has 5 heteroatoms. The summed E-state index contributed by atoms with van der Waals surface area (Å²) < 4.78 is 1.50. The zero-order chi connectivity index (χ0) is 14.3. The van der Waals surface area contributed by atoms with E-state index in [0.29, 0.717) is 29.2 Å². The van der Waals surface area contributed by atoms with Crippen molar-refractivity contribution in [2.75, 3.05) is 0 Å². The molecule has 0 saturated heterocycles. The number of hydrogen-bond acceptors (Lipinski definition) is 3. The normalized spacial score (nSPS) is 20.9. The second kappa shape index (κ2) is 4.74. The molecule has 0 spiro atoms. The minimum Gasteiger partial charge on any atom is -0.349 e. The number of hydrogen-bond donors (Lipinski definition) is 1. The Labute approximate surface area is 116 Å². The van der Waals surface area contributed by atoms with Crippen molar-refractivity contribution in [3.05, 3.63) is 40.4 Å². The number of nitrogens with zero attached hydrogens (tertiary/aromatic N) is 2. The van der Waals surface area contributed by atoms with Crippen LogP contribution < -0.4 is 10.9 Å². The van der Waals surface area contributed by atoms with Crippen LogP contribution in [0.25, 0.3) is 10.9 Å². The number of amides is 1. The van der Waals surface area contributed by atoms with E-state index in [1.54, 1.807) is 13.1 Å². The van der Waals surface area contributed by atoms with Crippen LogP contribution in [-0.2, 0) is 18.4 Å². The lowest BCUT2D eigenvalue weighted by atomic mass is 10.2. The third kappa shape index (κ3) is 2.19. The van der Waals surface area contributed by atoms with Gasteiger partial charge in [-0.05, 0) is 24.5 Å².